The summed E-state index contributed by atoms with van der Waals surface area (Å²) in [6.45, 7) is 6.40. The number of aromatic nitrogens is 5. The number of fused-ring (bicyclic) bond motifs is 1. The lowest BCUT2D eigenvalue weighted by molar-refractivity contribution is -0.0377. The van der Waals surface area contributed by atoms with E-state index >= 15 is 0 Å². The van der Waals surface area contributed by atoms with Crippen molar-refractivity contribution in [2.75, 3.05) is 18.4 Å². The van der Waals surface area contributed by atoms with Crippen LogP contribution in [-0.4, -0.2) is 48.2 Å². The average molecular weight is 395 g/mol. The van der Waals surface area contributed by atoms with Crippen LogP contribution in [0.4, 0.5) is 10.3 Å². The highest BCUT2D eigenvalue weighted by atomic mass is 19.1. The van der Waals surface area contributed by atoms with E-state index in [1.807, 2.05) is 10.8 Å². The number of nitrogens with zero attached hydrogens (tertiary/aromatic N) is 6. The first-order valence-electron chi connectivity index (χ1n) is 9.73. The molecule has 1 fully saturated rings. The van der Waals surface area contributed by atoms with Crippen molar-refractivity contribution in [3.05, 3.63) is 54.1 Å². The summed E-state index contributed by atoms with van der Waals surface area (Å²) in [6.07, 6.45) is 4.49. The van der Waals surface area contributed by atoms with Crippen LogP contribution in [0.25, 0.3) is 5.69 Å². The number of amides is 1. The van der Waals surface area contributed by atoms with Gasteiger partial charge in [-0.05, 0) is 30.7 Å². The number of benzene rings is 1. The van der Waals surface area contributed by atoms with Gasteiger partial charge in [0.05, 0.1) is 6.04 Å². The molecule has 0 saturated carbocycles. The van der Waals surface area contributed by atoms with Crippen LogP contribution >= 0.6 is 0 Å². The van der Waals surface area contributed by atoms with E-state index in [4.69, 9.17) is 0 Å². The van der Waals surface area contributed by atoms with Crippen molar-refractivity contribution in [2.45, 2.75) is 32.9 Å². The van der Waals surface area contributed by atoms with E-state index in [0.29, 0.717) is 12.5 Å². The summed E-state index contributed by atoms with van der Waals surface area (Å²) in [5.74, 6) is 1.09. The number of likely N-dealkylation sites (tertiary alicyclic amines) is 1. The third-order valence-corrected chi connectivity index (χ3v) is 5.60. The van der Waals surface area contributed by atoms with Gasteiger partial charge >= 0.3 is 0 Å². The third kappa shape index (κ3) is 2.88. The molecule has 9 heteroatoms. The van der Waals surface area contributed by atoms with Crippen LogP contribution in [0.2, 0.25) is 0 Å². The highest BCUT2D eigenvalue weighted by Crippen LogP contribution is 2.48. The standard InChI is InChI=1S/C20H22FN7O/c1-20(2)12-27(18(29)16-24-19-23-8-3-10-28(19)25-16)15(20)17-22-9-11-26(17)14-6-4-13(21)5-7-14/h4-7,9,11,15H,3,8,10,12H2,1-2H3,(H,23,24,25). The molecular weight excluding hydrogens is 373 g/mol. The summed E-state index contributed by atoms with van der Waals surface area (Å²) >= 11 is 0. The topological polar surface area (TPSA) is 80.9 Å². The zero-order valence-electron chi connectivity index (χ0n) is 16.3. The second-order valence-corrected chi connectivity index (χ2v) is 8.22. The molecule has 1 aromatic carbocycles. The Balaban J connectivity index is 1.48. The molecule has 2 aromatic heterocycles. The molecule has 0 bridgehead atoms. The Morgan fingerprint density at radius 1 is 1.28 bits per heavy atom. The van der Waals surface area contributed by atoms with Gasteiger partial charge in [-0.15, -0.1) is 5.10 Å². The average Bonchev–Trinajstić information content (AvgIpc) is 3.33. The molecule has 8 nitrogen and oxygen atoms in total. The van der Waals surface area contributed by atoms with E-state index in [1.165, 1.54) is 12.1 Å². The maximum atomic E-state index is 13.3. The number of anilines is 1. The Kier molecular flexibility index (Phi) is 3.94. The number of nitrogens with one attached hydrogen (secondary N) is 1. The number of halogens is 1. The van der Waals surface area contributed by atoms with E-state index in [-0.39, 0.29) is 29.0 Å². The molecule has 1 saturated heterocycles. The van der Waals surface area contributed by atoms with E-state index < -0.39 is 0 Å². The van der Waals surface area contributed by atoms with Gasteiger partial charge in [0.1, 0.15) is 11.6 Å². The summed E-state index contributed by atoms with van der Waals surface area (Å²) < 4.78 is 17.0. The fourth-order valence-corrected chi connectivity index (χ4v) is 4.22. The number of hydrogen-bond donors (Lipinski definition) is 1. The monoisotopic (exact) mass is 395 g/mol. The number of aryl methyl sites for hydroxylation is 1. The highest BCUT2D eigenvalue weighted by molar-refractivity contribution is 5.92. The summed E-state index contributed by atoms with van der Waals surface area (Å²) in [4.78, 5) is 23.9. The van der Waals surface area contributed by atoms with Gasteiger partial charge in [-0.2, -0.15) is 4.98 Å². The first-order valence-corrected chi connectivity index (χ1v) is 9.73. The van der Waals surface area contributed by atoms with Gasteiger partial charge < -0.3 is 14.8 Å². The van der Waals surface area contributed by atoms with Crippen LogP contribution in [0.1, 0.15) is 42.8 Å². The van der Waals surface area contributed by atoms with Crippen molar-refractivity contribution in [1.82, 2.24) is 29.2 Å². The molecule has 1 unspecified atom stereocenters. The Bertz CT molecular complexity index is 1050. The van der Waals surface area contributed by atoms with E-state index in [2.05, 4.69) is 34.2 Å². The molecule has 3 aromatic rings. The van der Waals surface area contributed by atoms with Crippen molar-refractivity contribution < 1.29 is 9.18 Å². The summed E-state index contributed by atoms with van der Waals surface area (Å²) in [5, 5.41) is 7.56. The predicted molar refractivity (Wildman–Crippen MR) is 104 cm³/mol. The molecule has 1 amide bonds. The first kappa shape index (κ1) is 17.8. The molecule has 2 aliphatic heterocycles. The largest absolute Gasteiger partial charge is 0.354 e. The number of carbonyl (C=O) groups excluding carboxylic acids is 1. The van der Waals surface area contributed by atoms with Crippen molar-refractivity contribution in [3.8, 4) is 5.69 Å². The molecule has 29 heavy (non-hydrogen) atoms. The third-order valence-electron chi connectivity index (χ3n) is 5.60. The van der Waals surface area contributed by atoms with Gasteiger partial charge in [0, 0.05) is 43.1 Å². The Labute approximate surface area is 167 Å². The minimum Gasteiger partial charge on any atom is -0.354 e. The second kappa shape index (κ2) is 6.40. The second-order valence-electron chi connectivity index (χ2n) is 8.22. The minimum absolute atomic E-state index is 0.156. The summed E-state index contributed by atoms with van der Waals surface area (Å²) in [6, 6.07) is 6.01. The Hall–Kier alpha value is -3.23. The van der Waals surface area contributed by atoms with Crippen LogP contribution in [0, 0.1) is 11.2 Å². The molecule has 1 atom stereocenters. The fraction of sp³-hybridized carbons (Fsp3) is 0.400. The quantitative estimate of drug-likeness (QED) is 0.737. The van der Waals surface area contributed by atoms with Gasteiger partial charge in [0.2, 0.25) is 11.8 Å². The van der Waals surface area contributed by atoms with E-state index in [1.54, 1.807) is 27.9 Å². The van der Waals surface area contributed by atoms with Crippen LogP contribution in [-0.2, 0) is 6.54 Å². The fourth-order valence-electron chi connectivity index (χ4n) is 4.22. The normalized spacial score (nSPS) is 20.0. The summed E-state index contributed by atoms with van der Waals surface area (Å²) in [5.41, 5.74) is 0.643. The SMILES string of the molecule is CC1(C)CN(C(=O)c2nc3n(n2)CCCN3)C1c1nccn1-c1ccc(F)cc1. The number of imidazole rings is 1. The molecule has 0 aliphatic carbocycles. The molecular formula is C20H22FN7O. The number of hydrogen-bond acceptors (Lipinski definition) is 5. The van der Waals surface area contributed by atoms with Crippen LogP contribution < -0.4 is 5.32 Å². The van der Waals surface area contributed by atoms with Crippen molar-refractivity contribution in [1.29, 1.82) is 0 Å². The molecule has 1 N–H and O–H groups in total. The highest BCUT2D eigenvalue weighted by Gasteiger charge is 2.52. The molecule has 0 radical (unpaired) electrons. The van der Waals surface area contributed by atoms with Crippen molar-refractivity contribution in [3.63, 3.8) is 0 Å². The van der Waals surface area contributed by atoms with E-state index in [0.717, 1.165) is 31.0 Å². The number of rotatable bonds is 3. The minimum atomic E-state index is -0.292. The maximum absolute atomic E-state index is 13.3. The smallest absolute Gasteiger partial charge is 0.294 e. The molecule has 150 valence electrons. The molecule has 4 heterocycles. The van der Waals surface area contributed by atoms with Gasteiger partial charge in [0.25, 0.3) is 5.91 Å². The lowest BCUT2D eigenvalue weighted by Gasteiger charge is -2.53. The van der Waals surface area contributed by atoms with Gasteiger partial charge in [-0.25, -0.2) is 14.1 Å². The van der Waals surface area contributed by atoms with Crippen molar-refractivity contribution in [2.24, 2.45) is 5.41 Å². The maximum Gasteiger partial charge on any atom is 0.294 e. The first-order chi connectivity index (χ1) is 13.9. The van der Waals surface area contributed by atoms with Gasteiger partial charge in [-0.1, -0.05) is 13.8 Å². The van der Waals surface area contributed by atoms with Crippen LogP contribution in [0.15, 0.2) is 36.7 Å². The molecule has 5 rings (SSSR count). The van der Waals surface area contributed by atoms with Gasteiger partial charge in [0.15, 0.2) is 0 Å². The molecule has 0 spiro atoms. The lowest BCUT2D eigenvalue weighted by atomic mass is 9.74. The Morgan fingerprint density at radius 3 is 2.79 bits per heavy atom. The van der Waals surface area contributed by atoms with Gasteiger partial charge in [-0.3, -0.25) is 4.79 Å². The molecule has 2 aliphatic rings. The summed E-state index contributed by atoms with van der Waals surface area (Å²) in [7, 11) is 0. The zero-order valence-corrected chi connectivity index (χ0v) is 16.3. The predicted octanol–water partition coefficient (Wildman–Crippen LogP) is 2.64. The zero-order chi connectivity index (χ0) is 20.2. The van der Waals surface area contributed by atoms with E-state index in [9.17, 15) is 9.18 Å². The lowest BCUT2D eigenvalue weighted by Crippen LogP contribution is -2.58. The Morgan fingerprint density at radius 2 is 2.07 bits per heavy atom. The number of carbonyl (C=O) groups is 1. The van der Waals surface area contributed by atoms with Crippen LogP contribution in [0.5, 0.6) is 0 Å². The van der Waals surface area contributed by atoms with Crippen molar-refractivity contribution >= 4 is 11.9 Å². The van der Waals surface area contributed by atoms with Crippen LogP contribution in [0.3, 0.4) is 0 Å².